The second kappa shape index (κ2) is 6.81. The van der Waals surface area contributed by atoms with Gasteiger partial charge in [0.15, 0.2) is 0 Å². The fraction of sp³-hybridized carbons (Fsp3) is 0.0556. The first-order valence-electron chi connectivity index (χ1n) is 7.59. The molecule has 0 unspecified atom stereocenters. The highest BCUT2D eigenvalue weighted by Crippen LogP contribution is 2.36. The van der Waals surface area contributed by atoms with Crippen LogP contribution < -0.4 is 10.5 Å². The molecule has 0 aliphatic rings. The lowest BCUT2D eigenvalue weighted by Crippen LogP contribution is -2.15. The molecule has 26 heavy (non-hydrogen) atoms. The third kappa shape index (κ3) is 3.56. The van der Waals surface area contributed by atoms with Gasteiger partial charge in [-0.15, -0.1) is 11.3 Å². The summed E-state index contributed by atoms with van der Waals surface area (Å²) in [5.41, 5.74) is 7.63. The van der Waals surface area contributed by atoms with Crippen LogP contribution in [0.1, 0.15) is 15.2 Å². The zero-order chi connectivity index (χ0) is 18.9. The zero-order valence-electron chi connectivity index (χ0n) is 13.8. The highest BCUT2D eigenvalue weighted by molar-refractivity contribution is 7.92. The normalized spacial score (nSPS) is 11.3. The lowest BCUT2D eigenvalue weighted by molar-refractivity contribution is 0.0703. The van der Waals surface area contributed by atoms with Crippen LogP contribution in [0, 0.1) is 6.92 Å². The summed E-state index contributed by atoms with van der Waals surface area (Å²) in [6.45, 7) is 1.68. The van der Waals surface area contributed by atoms with Gasteiger partial charge in [0.25, 0.3) is 10.0 Å². The molecule has 0 aliphatic heterocycles. The number of carbonyl (C=O) groups is 1. The maximum atomic E-state index is 12.7. The highest BCUT2D eigenvalue weighted by Gasteiger charge is 2.23. The van der Waals surface area contributed by atoms with E-state index >= 15 is 0 Å². The Kier molecular flexibility index (Phi) is 4.71. The van der Waals surface area contributed by atoms with E-state index in [0.717, 1.165) is 16.9 Å². The number of nitrogens with two attached hydrogens (primary N) is 1. The highest BCUT2D eigenvalue weighted by atomic mass is 32.2. The van der Waals surface area contributed by atoms with Crippen LogP contribution in [0.2, 0.25) is 0 Å². The van der Waals surface area contributed by atoms with Gasteiger partial charge in [-0.05, 0) is 42.3 Å². The Morgan fingerprint density at radius 2 is 1.77 bits per heavy atom. The molecule has 0 spiro atoms. The van der Waals surface area contributed by atoms with Crippen LogP contribution >= 0.6 is 11.3 Å². The van der Waals surface area contributed by atoms with Gasteiger partial charge in [0.05, 0.1) is 10.6 Å². The molecule has 0 amide bonds. The molecular weight excluding hydrogens is 372 g/mol. The standard InChI is InChI=1S/C18H16N2O4S2/c1-11-4-2-3-5-16(11)26(23,24)20-14-10-15(25-17(14)18(21)22)12-6-8-13(19)9-7-12/h2-10,20H,19H2,1H3,(H,21,22). The van der Waals surface area contributed by atoms with Crippen molar-refractivity contribution in [2.75, 3.05) is 10.5 Å². The number of hydrogen-bond donors (Lipinski definition) is 3. The van der Waals surface area contributed by atoms with Gasteiger partial charge in [0, 0.05) is 10.6 Å². The SMILES string of the molecule is Cc1ccccc1S(=O)(=O)Nc1cc(-c2ccc(N)cc2)sc1C(=O)O. The number of nitrogens with one attached hydrogen (secondary N) is 1. The minimum Gasteiger partial charge on any atom is -0.477 e. The second-order valence-corrected chi connectivity index (χ2v) is 8.35. The summed E-state index contributed by atoms with van der Waals surface area (Å²) in [6.07, 6.45) is 0. The lowest BCUT2D eigenvalue weighted by Gasteiger charge is -2.09. The van der Waals surface area contributed by atoms with E-state index in [1.165, 1.54) is 12.1 Å². The van der Waals surface area contributed by atoms with Gasteiger partial charge in [-0.3, -0.25) is 4.72 Å². The van der Waals surface area contributed by atoms with Crippen LogP contribution in [0.5, 0.6) is 0 Å². The van der Waals surface area contributed by atoms with Crippen molar-refractivity contribution in [2.24, 2.45) is 0 Å². The van der Waals surface area contributed by atoms with Crippen molar-refractivity contribution in [3.05, 3.63) is 65.0 Å². The number of aromatic carboxylic acids is 1. The Bertz CT molecular complexity index is 1070. The first kappa shape index (κ1) is 18.0. The first-order chi connectivity index (χ1) is 12.3. The Hall–Kier alpha value is -2.84. The summed E-state index contributed by atoms with van der Waals surface area (Å²) < 4.78 is 27.7. The van der Waals surface area contributed by atoms with E-state index < -0.39 is 16.0 Å². The third-order valence-corrected chi connectivity index (χ3v) is 6.45. The van der Waals surface area contributed by atoms with Crippen molar-refractivity contribution in [1.29, 1.82) is 0 Å². The van der Waals surface area contributed by atoms with E-state index in [1.807, 2.05) is 0 Å². The largest absolute Gasteiger partial charge is 0.477 e. The van der Waals surface area contributed by atoms with Gasteiger partial charge in [-0.1, -0.05) is 30.3 Å². The summed E-state index contributed by atoms with van der Waals surface area (Å²) in [7, 11) is -3.90. The number of carboxylic acids is 1. The molecule has 2 aromatic carbocycles. The molecular formula is C18H16N2O4S2. The lowest BCUT2D eigenvalue weighted by atomic mass is 10.2. The molecule has 1 aromatic heterocycles. The van der Waals surface area contributed by atoms with Crippen LogP contribution in [0.15, 0.2) is 59.5 Å². The quantitative estimate of drug-likeness (QED) is 0.576. The molecule has 0 fully saturated rings. The van der Waals surface area contributed by atoms with E-state index in [0.29, 0.717) is 16.1 Å². The van der Waals surface area contributed by atoms with Gasteiger partial charge in [-0.25, -0.2) is 13.2 Å². The minimum absolute atomic E-state index is 0.0394. The van der Waals surface area contributed by atoms with Gasteiger partial charge in [-0.2, -0.15) is 0 Å². The van der Waals surface area contributed by atoms with E-state index in [9.17, 15) is 18.3 Å². The molecule has 0 atom stereocenters. The number of carboxylic acid groups (broad SMARTS) is 1. The van der Waals surface area contributed by atoms with Crippen molar-refractivity contribution in [2.45, 2.75) is 11.8 Å². The van der Waals surface area contributed by atoms with Crippen LogP contribution in [0.3, 0.4) is 0 Å². The maximum absolute atomic E-state index is 12.7. The zero-order valence-corrected chi connectivity index (χ0v) is 15.4. The number of benzene rings is 2. The fourth-order valence-electron chi connectivity index (χ4n) is 2.47. The summed E-state index contributed by atoms with van der Waals surface area (Å²) >= 11 is 0.999. The molecule has 0 radical (unpaired) electrons. The van der Waals surface area contributed by atoms with Crippen molar-refractivity contribution >= 4 is 38.7 Å². The van der Waals surface area contributed by atoms with Crippen LogP contribution in [-0.4, -0.2) is 19.5 Å². The molecule has 6 nitrogen and oxygen atoms in total. The van der Waals surface area contributed by atoms with Crippen LogP contribution in [0.4, 0.5) is 11.4 Å². The minimum atomic E-state index is -3.90. The van der Waals surface area contributed by atoms with Crippen molar-refractivity contribution in [3.63, 3.8) is 0 Å². The van der Waals surface area contributed by atoms with Gasteiger partial charge in [0.1, 0.15) is 4.88 Å². The third-order valence-electron chi connectivity index (χ3n) is 3.75. The van der Waals surface area contributed by atoms with E-state index in [4.69, 9.17) is 5.73 Å². The Balaban J connectivity index is 2.03. The number of sulfonamides is 1. The predicted molar refractivity (Wildman–Crippen MR) is 103 cm³/mol. The van der Waals surface area contributed by atoms with Gasteiger partial charge < -0.3 is 10.8 Å². The predicted octanol–water partition coefficient (Wildman–Crippen LogP) is 3.80. The molecule has 3 rings (SSSR count). The van der Waals surface area contributed by atoms with Crippen molar-refractivity contribution in [3.8, 4) is 10.4 Å². The molecule has 4 N–H and O–H groups in total. The average molecular weight is 388 g/mol. The molecule has 1 heterocycles. The summed E-state index contributed by atoms with van der Waals surface area (Å²) in [5.74, 6) is -1.20. The molecule has 3 aromatic rings. The number of thiophene rings is 1. The topological polar surface area (TPSA) is 109 Å². The Morgan fingerprint density at radius 1 is 1.12 bits per heavy atom. The van der Waals surface area contributed by atoms with E-state index in [2.05, 4.69) is 4.72 Å². The van der Waals surface area contributed by atoms with Crippen LogP contribution in [-0.2, 0) is 10.0 Å². The first-order valence-corrected chi connectivity index (χ1v) is 9.89. The number of hydrogen-bond acceptors (Lipinski definition) is 5. The summed E-state index contributed by atoms with van der Waals surface area (Å²) in [4.78, 5) is 12.2. The number of anilines is 2. The van der Waals surface area contributed by atoms with Crippen molar-refractivity contribution < 1.29 is 18.3 Å². The fourth-order valence-corrected chi connectivity index (χ4v) is 4.81. The molecule has 8 heteroatoms. The average Bonchev–Trinajstić information content (AvgIpc) is 2.99. The summed E-state index contributed by atoms with van der Waals surface area (Å²) in [5, 5.41) is 9.45. The molecule has 0 saturated heterocycles. The van der Waals surface area contributed by atoms with Crippen LogP contribution in [0.25, 0.3) is 10.4 Å². The maximum Gasteiger partial charge on any atom is 0.348 e. The Labute approximate surface area is 155 Å². The number of aryl methyl sites for hydroxylation is 1. The monoisotopic (exact) mass is 388 g/mol. The van der Waals surface area contributed by atoms with Gasteiger partial charge >= 0.3 is 5.97 Å². The van der Waals surface area contributed by atoms with E-state index in [1.54, 1.807) is 49.4 Å². The van der Waals surface area contributed by atoms with Crippen molar-refractivity contribution in [1.82, 2.24) is 0 Å². The number of nitrogen functional groups attached to an aromatic ring is 1. The Morgan fingerprint density at radius 3 is 2.38 bits per heavy atom. The van der Waals surface area contributed by atoms with Gasteiger partial charge in [0.2, 0.25) is 0 Å². The summed E-state index contributed by atoms with van der Waals surface area (Å²) in [6, 6.07) is 15.0. The van der Waals surface area contributed by atoms with E-state index in [-0.39, 0.29) is 15.5 Å². The molecule has 134 valence electrons. The smallest absolute Gasteiger partial charge is 0.348 e. The molecule has 0 bridgehead atoms. The molecule has 0 saturated carbocycles. The number of rotatable bonds is 5. The second-order valence-electron chi connectivity index (χ2n) is 5.65. The molecule has 0 aliphatic carbocycles.